The molecule has 1 rings (SSSR count). The van der Waals surface area contributed by atoms with E-state index in [1.54, 1.807) is 24.3 Å². The number of ether oxygens (including phenoxy) is 2. The van der Waals surface area contributed by atoms with Crippen LogP contribution in [0.5, 0.6) is 5.75 Å². The van der Waals surface area contributed by atoms with Crippen molar-refractivity contribution in [2.24, 2.45) is 0 Å². The van der Waals surface area contributed by atoms with Crippen molar-refractivity contribution in [3.8, 4) is 5.75 Å². The molecule has 0 radical (unpaired) electrons. The zero-order chi connectivity index (χ0) is 11.3. The van der Waals surface area contributed by atoms with Crippen LogP contribution in [0.1, 0.15) is 0 Å². The molecule has 0 saturated heterocycles. The lowest BCUT2D eigenvalue weighted by Crippen LogP contribution is -2.12. The fourth-order valence-electron chi connectivity index (χ4n) is 0.992. The predicted molar refractivity (Wildman–Crippen MR) is 56.3 cm³/mol. The lowest BCUT2D eigenvalue weighted by Gasteiger charge is -2.03. The standard InChI is InChI=1S/C10H12O4S/c1-13-8-4-3-5-9(6-8)15(12)7-10(11)14-2/h3-6H,7H2,1-2H3. The van der Waals surface area contributed by atoms with Crippen LogP contribution in [-0.4, -0.2) is 30.2 Å². The van der Waals surface area contributed by atoms with Gasteiger partial charge in [0.1, 0.15) is 11.5 Å². The molecule has 0 spiro atoms. The van der Waals surface area contributed by atoms with Crippen molar-refractivity contribution in [1.29, 1.82) is 0 Å². The largest absolute Gasteiger partial charge is 0.497 e. The predicted octanol–water partition coefficient (Wildman–Crippen LogP) is 0.976. The Labute approximate surface area is 90.7 Å². The van der Waals surface area contributed by atoms with Gasteiger partial charge in [0.15, 0.2) is 0 Å². The summed E-state index contributed by atoms with van der Waals surface area (Å²) in [6.45, 7) is 0. The van der Waals surface area contributed by atoms with E-state index in [2.05, 4.69) is 4.74 Å². The third kappa shape index (κ3) is 3.36. The van der Waals surface area contributed by atoms with E-state index < -0.39 is 16.8 Å². The topological polar surface area (TPSA) is 52.6 Å². The molecule has 0 fully saturated rings. The van der Waals surface area contributed by atoms with Crippen LogP contribution in [0.15, 0.2) is 29.2 Å². The Hall–Kier alpha value is -1.36. The van der Waals surface area contributed by atoms with Crippen LogP contribution in [0.4, 0.5) is 0 Å². The summed E-state index contributed by atoms with van der Waals surface area (Å²) in [5, 5.41) is 0. The van der Waals surface area contributed by atoms with Crippen LogP contribution in [0.25, 0.3) is 0 Å². The number of carbonyl (C=O) groups excluding carboxylic acids is 1. The van der Waals surface area contributed by atoms with Gasteiger partial charge in [0.05, 0.1) is 25.0 Å². The summed E-state index contributed by atoms with van der Waals surface area (Å²) in [7, 11) is 1.42. The Morgan fingerprint density at radius 1 is 1.40 bits per heavy atom. The molecular weight excluding hydrogens is 216 g/mol. The van der Waals surface area contributed by atoms with Gasteiger partial charge in [0.2, 0.25) is 0 Å². The molecule has 15 heavy (non-hydrogen) atoms. The number of benzene rings is 1. The molecule has 0 bridgehead atoms. The summed E-state index contributed by atoms with van der Waals surface area (Å²) in [6, 6.07) is 6.79. The first-order valence-corrected chi connectivity index (χ1v) is 5.58. The molecule has 0 saturated carbocycles. The summed E-state index contributed by atoms with van der Waals surface area (Å²) in [5.41, 5.74) is 0. The van der Waals surface area contributed by atoms with E-state index in [1.165, 1.54) is 14.2 Å². The molecule has 4 nitrogen and oxygen atoms in total. The highest BCUT2D eigenvalue weighted by Crippen LogP contribution is 2.15. The maximum atomic E-state index is 11.6. The Morgan fingerprint density at radius 2 is 2.13 bits per heavy atom. The summed E-state index contributed by atoms with van der Waals surface area (Å²) >= 11 is 0. The van der Waals surface area contributed by atoms with Crippen LogP contribution in [0.3, 0.4) is 0 Å². The van der Waals surface area contributed by atoms with Gasteiger partial charge in [-0.1, -0.05) is 6.07 Å². The second-order valence-corrected chi connectivity index (χ2v) is 4.20. The number of hydrogen-bond donors (Lipinski definition) is 0. The van der Waals surface area contributed by atoms with Crippen LogP contribution in [-0.2, 0) is 20.3 Å². The fraction of sp³-hybridized carbons (Fsp3) is 0.300. The normalized spacial score (nSPS) is 11.9. The van der Waals surface area contributed by atoms with E-state index in [1.807, 2.05) is 0 Å². The summed E-state index contributed by atoms with van der Waals surface area (Å²) in [6.07, 6.45) is 0. The maximum absolute atomic E-state index is 11.6. The minimum atomic E-state index is -1.38. The average molecular weight is 228 g/mol. The molecule has 0 N–H and O–H groups in total. The number of methoxy groups -OCH3 is 2. The Kier molecular flexibility index (Phi) is 4.30. The van der Waals surface area contributed by atoms with E-state index in [0.29, 0.717) is 10.6 Å². The number of esters is 1. The molecule has 1 aromatic rings. The van der Waals surface area contributed by atoms with Crippen molar-refractivity contribution in [3.63, 3.8) is 0 Å². The minimum Gasteiger partial charge on any atom is -0.497 e. The van der Waals surface area contributed by atoms with Crippen molar-refractivity contribution >= 4 is 16.8 Å². The Morgan fingerprint density at radius 3 is 2.73 bits per heavy atom. The van der Waals surface area contributed by atoms with E-state index in [4.69, 9.17) is 4.74 Å². The summed E-state index contributed by atoms with van der Waals surface area (Å²) in [4.78, 5) is 11.5. The third-order valence-corrected chi connectivity index (χ3v) is 3.06. The van der Waals surface area contributed by atoms with Crippen LogP contribution in [0, 0.1) is 0 Å². The molecule has 0 heterocycles. The van der Waals surface area contributed by atoms with E-state index in [-0.39, 0.29) is 5.75 Å². The fourth-order valence-corrected chi connectivity index (χ4v) is 1.97. The van der Waals surface area contributed by atoms with Gasteiger partial charge in [-0.3, -0.25) is 9.00 Å². The zero-order valence-corrected chi connectivity index (χ0v) is 9.37. The Bertz CT molecular complexity index is 375. The van der Waals surface area contributed by atoms with Crippen molar-refractivity contribution in [3.05, 3.63) is 24.3 Å². The van der Waals surface area contributed by atoms with Gasteiger partial charge in [0, 0.05) is 4.90 Å². The van der Waals surface area contributed by atoms with Crippen LogP contribution < -0.4 is 4.74 Å². The molecule has 0 aromatic heterocycles. The third-order valence-electron chi connectivity index (χ3n) is 1.78. The van der Waals surface area contributed by atoms with Gasteiger partial charge in [-0.25, -0.2) is 0 Å². The molecular formula is C10H12O4S. The van der Waals surface area contributed by atoms with Crippen molar-refractivity contribution in [2.75, 3.05) is 20.0 Å². The van der Waals surface area contributed by atoms with E-state index in [0.717, 1.165) is 0 Å². The van der Waals surface area contributed by atoms with Crippen LogP contribution >= 0.6 is 0 Å². The van der Waals surface area contributed by atoms with Gasteiger partial charge in [-0.15, -0.1) is 0 Å². The average Bonchev–Trinajstić information content (AvgIpc) is 2.28. The SMILES string of the molecule is COC(=O)CS(=O)c1cccc(OC)c1. The monoisotopic (exact) mass is 228 g/mol. The van der Waals surface area contributed by atoms with Gasteiger partial charge in [-0.05, 0) is 18.2 Å². The van der Waals surface area contributed by atoms with Gasteiger partial charge in [-0.2, -0.15) is 0 Å². The van der Waals surface area contributed by atoms with Crippen molar-refractivity contribution in [1.82, 2.24) is 0 Å². The second kappa shape index (κ2) is 5.50. The first kappa shape index (κ1) is 11.7. The molecule has 1 aromatic carbocycles. The molecule has 0 amide bonds. The highest BCUT2D eigenvalue weighted by atomic mass is 32.2. The molecule has 1 unspecified atom stereocenters. The van der Waals surface area contributed by atoms with Crippen LogP contribution in [0.2, 0.25) is 0 Å². The quantitative estimate of drug-likeness (QED) is 0.721. The highest BCUT2D eigenvalue weighted by Gasteiger charge is 2.10. The molecule has 0 aliphatic rings. The maximum Gasteiger partial charge on any atom is 0.318 e. The van der Waals surface area contributed by atoms with Gasteiger partial charge in [0.25, 0.3) is 0 Å². The van der Waals surface area contributed by atoms with Crippen molar-refractivity contribution in [2.45, 2.75) is 4.90 Å². The molecule has 0 aliphatic carbocycles. The minimum absolute atomic E-state index is 0.135. The lowest BCUT2D eigenvalue weighted by atomic mass is 10.3. The van der Waals surface area contributed by atoms with Crippen molar-refractivity contribution < 1.29 is 18.5 Å². The lowest BCUT2D eigenvalue weighted by molar-refractivity contribution is -0.137. The second-order valence-electron chi connectivity index (χ2n) is 2.74. The first-order chi connectivity index (χ1) is 7.17. The molecule has 0 aliphatic heterocycles. The molecule has 1 atom stereocenters. The Balaban J connectivity index is 2.77. The smallest absolute Gasteiger partial charge is 0.318 e. The molecule has 82 valence electrons. The number of hydrogen-bond acceptors (Lipinski definition) is 4. The number of carbonyl (C=O) groups is 1. The zero-order valence-electron chi connectivity index (χ0n) is 8.56. The summed E-state index contributed by atoms with van der Waals surface area (Å²) in [5.74, 6) is -0.00852. The highest BCUT2D eigenvalue weighted by molar-refractivity contribution is 7.85. The van der Waals surface area contributed by atoms with Gasteiger partial charge < -0.3 is 9.47 Å². The number of rotatable bonds is 4. The summed E-state index contributed by atoms with van der Waals surface area (Å²) < 4.78 is 21.1. The van der Waals surface area contributed by atoms with Gasteiger partial charge >= 0.3 is 5.97 Å². The van der Waals surface area contributed by atoms with E-state index >= 15 is 0 Å². The van der Waals surface area contributed by atoms with E-state index in [9.17, 15) is 9.00 Å². The molecule has 5 heteroatoms. The first-order valence-electron chi connectivity index (χ1n) is 4.26.